The van der Waals surface area contributed by atoms with E-state index in [9.17, 15) is 0 Å². The van der Waals surface area contributed by atoms with Crippen molar-refractivity contribution in [2.24, 2.45) is 10.7 Å². The van der Waals surface area contributed by atoms with E-state index in [1.54, 1.807) is 0 Å². The number of hydrogen-bond acceptors (Lipinski definition) is 2. The maximum atomic E-state index is 6.11. The molecule has 0 saturated carbocycles. The molecular formula is C13H18BrClIN3O. The maximum Gasteiger partial charge on any atom is 0.189 e. The Morgan fingerprint density at radius 3 is 3.00 bits per heavy atom. The van der Waals surface area contributed by atoms with Gasteiger partial charge in [-0.1, -0.05) is 33.6 Å². The molecule has 0 spiro atoms. The lowest BCUT2D eigenvalue weighted by Crippen LogP contribution is -2.37. The van der Waals surface area contributed by atoms with E-state index in [1.807, 2.05) is 18.2 Å². The van der Waals surface area contributed by atoms with Crippen LogP contribution in [0.25, 0.3) is 0 Å². The zero-order valence-electron chi connectivity index (χ0n) is 10.9. The predicted octanol–water partition coefficient (Wildman–Crippen LogP) is 3.30. The second-order valence-corrected chi connectivity index (χ2v) is 5.78. The van der Waals surface area contributed by atoms with E-state index in [2.05, 4.69) is 26.2 Å². The van der Waals surface area contributed by atoms with Gasteiger partial charge in [0.05, 0.1) is 12.6 Å². The summed E-state index contributed by atoms with van der Waals surface area (Å²) >= 11 is 9.48. The van der Waals surface area contributed by atoms with E-state index in [1.165, 1.54) is 0 Å². The summed E-state index contributed by atoms with van der Waals surface area (Å²) in [6.07, 6.45) is 2.46. The van der Waals surface area contributed by atoms with Crippen LogP contribution in [0.3, 0.4) is 0 Å². The van der Waals surface area contributed by atoms with Crippen molar-refractivity contribution in [3.63, 3.8) is 0 Å². The van der Waals surface area contributed by atoms with E-state index in [0.717, 1.165) is 29.5 Å². The summed E-state index contributed by atoms with van der Waals surface area (Å²) in [5.74, 6) is 0.425. The molecule has 1 aromatic rings. The summed E-state index contributed by atoms with van der Waals surface area (Å²) < 4.78 is 6.45. The van der Waals surface area contributed by atoms with Crippen LogP contribution < -0.4 is 11.1 Å². The third-order valence-corrected chi connectivity index (χ3v) is 3.81. The van der Waals surface area contributed by atoms with Crippen molar-refractivity contribution in [1.82, 2.24) is 5.32 Å². The minimum absolute atomic E-state index is 0. The Morgan fingerprint density at radius 1 is 1.55 bits per heavy atom. The smallest absolute Gasteiger partial charge is 0.189 e. The molecule has 1 fully saturated rings. The SMILES string of the molecule is I.NC(=NCc1ccc(Br)cc1Cl)NCC1CCCO1. The molecule has 0 amide bonds. The van der Waals surface area contributed by atoms with Crippen molar-refractivity contribution in [2.75, 3.05) is 13.2 Å². The fourth-order valence-corrected chi connectivity index (χ4v) is 2.63. The molecule has 1 aromatic carbocycles. The quantitative estimate of drug-likeness (QED) is 0.400. The lowest BCUT2D eigenvalue weighted by Gasteiger charge is -2.11. The Labute approximate surface area is 149 Å². The van der Waals surface area contributed by atoms with Gasteiger partial charge >= 0.3 is 0 Å². The third-order valence-electron chi connectivity index (χ3n) is 2.97. The number of halogens is 3. The summed E-state index contributed by atoms with van der Waals surface area (Å²) in [5, 5.41) is 3.76. The Bertz CT molecular complexity index is 467. The Kier molecular flexibility index (Phi) is 8.16. The molecule has 112 valence electrons. The molecule has 0 radical (unpaired) electrons. The van der Waals surface area contributed by atoms with Crippen LogP contribution in [0.2, 0.25) is 5.02 Å². The van der Waals surface area contributed by atoms with Crippen LogP contribution in [0.15, 0.2) is 27.7 Å². The van der Waals surface area contributed by atoms with E-state index in [-0.39, 0.29) is 30.1 Å². The minimum atomic E-state index is 0. The number of nitrogens with one attached hydrogen (secondary N) is 1. The highest BCUT2D eigenvalue weighted by molar-refractivity contribution is 14.0. The molecule has 4 nitrogen and oxygen atoms in total. The van der Waals surface area contributed by atoms with Gasteiger partial charge in [-0.05, 0) is 30.5 Å². The Hall–Kier alpha value is -0.0500. The number of aliphatic imine (C=N–C) groups is 1. The van der Waals surface area contributed by atoms with Crippen LogP contribution in [0.1, 0.15) is 18.4 Å². The van der Waals surface area contributed by atoms with Crippen molar-refractivity contribution < 1.29 is 4.74 Å². The topological polar surface area (TPSA) is 59.6 Å². The molecule has 1 atom stereocenters. The van der Waals surface area contributed by atoms with E-state index in [0.29, 0.717) is 24.1 Å². The number of ether oxygens (including phenoxy) is 1. The number of guanidine groups is 1. The fraction of sp³-hybridized carbons (Fsp3) is 0.462. The van der Waals surface area contributed by atoms with Crippen LogP contribution >= 0.6 is 51.5 Å². The molecule has 1 heterocycles. The van der Waals surface area contributed by atoms with Gasteiger partial charge in [0.2, 0.25) is 0 Å². The van der Waals surface area contributed by atoms with Crippen LogP contribution in [0.5, 0.6) is 0 Å². The first-order valence-corrected chi connectivity index (χ1v) is 7.41. The zero-order valence-corrected chi connectivity index (χ0v) is 15.6. The molecule has 20 heavy (non-hydrogen) atoms. The summed E-state index contributed by atoms with van der Waals surface area (Å²) in [5.41, 5.74) is 6.76. The highest BCUT2D eigenvalue weighted by atomic mass is 127. The average molecular weight is 475 g/mol. The van der Waals surface area contributed by atoms with Crippen molar-refractivity contribution in [3.8, 4) is 0 Å². The van der Waals surface area contributed by atoms with Crippen LogP contribution in [-0.2, 0) is 11.3 Å². The summed E-state index contributed by atoms with van der Waals surface area (Å²) in [7, 11) is 0. The molecule has 1 unspecified atom stereocenters. The summed E-state index contributed by atoms with van der Waals surface area (Å²) in [4.78, 5) is 4.27. The molecule has 1 saturated heterocycles. The number of nitrogens with two attached hydrogens (primary N) is 1. The van der Waals surface area contributed by atoms with Crippen LogP contribution in [0, 0.1) is 0 Å². The highest BCUT2D eigenvalue weighted by Crippen LogP contribution is 2.21. The fourth-order valence-electron chi connectivity index (χ4n) is 1.90. The number of hydrogen-bond donors (Lipinski definition) is 2. The van der Waals surface area contributed by atoms with Crippen LogP contribution in [0.4, 0.5) is 0 Å². The van der Waals surface area contributed by atoms with Crippen molar-refractivity contribution >= 4 is 57.5 Å². The number of nitrogens with zero attached hydrogens (tertiary/aromatic N) is 1. The highest BCUT2D eigenvalue weighted by Gasteiger charge is 2.14. The number of rotatable bonds is 4. The standard InChI is InChI=1S/C13H17BrClN3O.HI/c14-10-4-3-9(12(15)6-10)7-17-13(16)18-8-11-2-1-5-19-11;/h3-4,6,11H,1-2,5,7-8H2,(H3,16,17,18);1H. The van der Waals surface area contributed by atoms with Gasteiger partial charge in [-0.3, -0.25) is 0 Å². The van der Waals surface area contributed by atoms with E-state index < -0.39 is 0 Å². The molecule has 0 aromatic heterocycles. The van der Waals surface area contributed by atoms with Gasteiger partial charge in [-0.2, -0.15) is 0 Å². The van der Waals surface area contributed by atoms with Gasteiger partial charge in [0, 0.05) is 22.6 Å². The van der Waals surface area contributed by atoms with Crippen molar-refractivity contribution in [3.05, 3.63) is 33.3 Å². The molecule has 0 aliphatic carbocycles. The molecule has 1 aliphatic rings. The van der Waals surface area contributed by atoms with E-state index >= 15 is 0 Å². The third kappa shape index (κ3) is 5.75. The Balaban J connectivity index is 0.00000200. The lowest BCUT2D eigenvalue weighted by atomic mass is 10.2. The Morgan fingerprint density at radius 2 is 2.35 bits per heavy atom. The summed E-state index contributed by atoms with van der Waals surface area (Å²) in [6.45, 7) is 2.03. The average Bonchev–Trinajstić information content (AvgIpc) is 2.88. The molecule has 1 aliphatic heterocycles. The predicted molar refractivity (Wildman–Crippen MR) is 96.9 cm³/mol. The van der Waals surface area contributed by atoms with Crippen molar-refractivity contribution in [1.29, 1.82) is 0 Å². The maximum absolute atomic E-state index is 6.11. The number of benzene rings is 1. The van der Waals surface area contributed by atoms with Gasteiger partial charge in [0.15, 0.2) is 5.96 Å². The lowest BCUT2D eigenvalue weighted by molar-refractivity contribution is 0.114. The molecule has 3 N–H and O–H groups in total. The molecular weight excluding hydrogens is 456 g/mol. The monoisotopic (exact) mass is 473 g/mol. The van der Waals surface area contributed by atoms with Crippen molar-refractivity contribution in [2.45, 2.75) is 25.5 Å². The zero-order chi connectivity index (χ0) is 13.7. The first-order valence-electron chi connectivity index (χ1n) is 6.24. The normalized spacial score (nSPS) is 18.7. The van der Waals surface area contributed by atoms with Gasteiger partial charge in [-0.25, -0.2) is 4.99 Å². The van der Waals surface area contributed by atoms with Gasteiger partial charge in [-0.15, -0.1) is 24.0 Å². The van der Waals surface area contributed by atoms with Crippen LogP contribution in [-0.4, -0.2) is 25.2 Å². The second kappa shape index (κ2) is 9.07. The first kappa shape index (κ1) is 18.0. The van der Waals surface area contributed by atoms with Gasteiger partial charge in [0.1, 0.15) is 0 Å². The second-order valence-electron chi connectivity index (χ2n) is 4.45. The molecule has 0 bridgehead atoms. The minimum Gasteiger partial charge on any atom is -0.376 e. The van der Waals surface area contributed by atoms with Gasteiger partial charge < -0.3 is 15.8 Å². The largest absolute Gasteiger partial charge is 0.376 e. The van der Waals surface area contributed by atoms with Gasteiger partial charge in [0.25, 0.3) is 0 Å². The first-order chi connectivity index (χ1) is 9.15. The summed E-state index contributed by atoms with van der Waals surface area (Å²) in [6, 6.07) is 5.72. The molecule has 2 rings (SSSR count). The van der Waals surface area contributed by atoms with E-state index in [4.69, 9.17) is 22.1 Å². The molecule has 7 heteroatoms.